The molecule has 3 heteroatoms. The molecule has 1 aromatic carbocycles. The standard InChI is InChI=1S/C11H15NO2/c1-3-10(12)9-6-7(2)4-5-8(9)11(13)14/h4-6,10H,3,12H2,1-2H3,(H,13,14)/t10-/m1/s1. The Hall–Kier alpha value is -1.35. The lowest BCUT2D eigenvalue weighted by atomic mass is 9.97. The Kier molecular flexibility index (Phi) is 3.25. The highest BCUT2D eigenvalue weighted by atomic mass is 16.4. The maximum atomic E-state index is 10.9. The third-order valence-electron chi connectivity index (χ3n) is 2.28. The van der Waals surface area contributed by atoms with E-state index < -0.39 is 5.97 Å². The van der Waals surface area contributed by atoms with Crippen LogP contribution in [0.25, 0.3) is 0 Å². The normalized spacial score (nSPS) is 12.5. The van der Waals surface area contributed by atoms with Crippen molar-refractivity contribution < 1.29 is 9.90 Å². The largest absolute Gasteiger partial charge is 0.478 e. The average molecular weight is 193 g/mol. The molecule has 0 aromatic heterocycles. The van der Waals surface area contributed by atoms with Crippen molar-refractivity contribution in [3.63, 3.8) is 0 Å². The summed E-state index contributed by atoms with van der Waals surface area (Å²) in [5.41, 5.74) is 7.91. The van der Waals surface area contributed by atoms with Gasteiger partial charge in [-0.3, -0.25) is 0 Å². The van der Waals surface area contributed by atoms with Crippen LogP contribution in [-0.4, -0.2) is 11.1 Å². The van der Waals surface area contributed by atoms with Crippen LogP contribution < -0.4 is 5.73 Å². The minimum atomic E-state index is -0.913. The summed E-state index contributed by atoms with van der Waals surface area (Å²) in [5.74, 6) is -0.913. The van der Waals surface area contributed by atoms with Gasteiger partial charge in [0.25, 0.3) is 0 Å². The molecule has 0 aliphatic rings. The molecule has 0 spiro atoms. The van der Waals surface area contributed by atoms with Crippen molar-refractivity contribution in [2.45, 2.75) is 26.3 Å². The Balaban J connectivity index is 3.22. The lowest BCUT2D eigenvalue weighted by Crippen LogP contribution is -2.14. The molecule has 0 bridgehead atoms. The summed E-state index contributed by atoms with van der Waals surface area (Å²) < 4.78 is 0. The van der Waals surface area contributed by atoms with E-state index in [2.05, 4.69) is 0 Å². The van der Waals surface area contributed by atoms with Gasteiger partial charge in [0.05, 0.1) is 5.56 Å². The maximum Gasteiger partial charge on any atom is 0.336 e. The number of carboxylic acids is 1. The van der Waals surface area contributed by atoms with Crippen molar-refractivity contribution in [2.75, 3.05) is 0 Å². The molecule has 14 heavy (non-hydrogen) atoms. The van der Waals surface area contributed by atoms with Crippen LogP contribution in [0, 0.1) is 6.92 Å². The van der Waals surface area contributed by atoms with Crippen molar-refractivity contribution >= 4 is 5.97 Å². The molecular formula is C11H15NO2. The Morgan fingerprint density at radius 1 is 1.57 bits per heavy atom. The predicted octanol–water partition coefficient (Wildman–Crippen LogP) is 2.10. The van der Waals surface area contributed by atoms with Crippen LogP contribution in [0.5, 0.6) is 0 Å². The smallest absolute Gasteiger partial charge is 0.336 e. The van der Waals surface area contributed by atoms with Crippen molar-refractivity contribution in [1.82, 2.24) is 0 Å². The Morgan fingerprint density at radius 2 is 2.21 bits per heavy atom. The minimum absolute atomic E-state index is 0.194. The van der Waals surface area contributed by atoms with E-state index in [1.54, 1.807) is 12.1 Å². The van der Waals surface area contributed by atoms with E-state index in [1.165, 1.54) is 0 Å². The molecule has 1 rings (SSSR count). The third-order valence-corrected chi connectivity index (χ3v) is 2.28. The van der Waals surface area contributed by atoms with Crippen LogP contribution in [0.15, 0.2) is 18.2 Å². The number of carboxylic acid groups (broad SMARTS) is 1. The molecule has 0 aliphatic heterocycles. The molecule has 76 valence electrons. The summed E-state index contributed by atoms with van der Waals surface area (Å²) in [5, 5.41) is 8.95. The summed E-state index contributed by atoms with van der Waals surface area (Å²) in [7, 11) is 0. The first-order valence-corrected chi connectivity index (χ1v) is 4.65. The molecule has 0 fully saturated rings. The second-order valence-electron chi connectivity index (χ2n) is 3.41. The van der Waals surface area contributed by atoms with Gasteiger partial charge in [-0.1, -0.05) is 24.6 Å². The number of carbonyl (C=O) groups is 1. The van der Waals surface area contributed by atoms with Gasteiger partial charge in [0.15, 0.2) is 0 Å². The van der Waals surface area contributed by atoms with Gasteiger partial charge >= 0.3 is 5.97 Å². The Labute approximate surface area is 83.6 Å². The van der Waals surface area contributed by atoms with E-state index in [0.29, 0.717) is 5.56 Å². The number of hydrogen-bond acceptors (Lipinski definition) is 2. The van der Waals surface area contributed by atoms with Crippen molar-refractivity contribution in [3.05, 3.63) is 34.9 Å². The molecule has 0 aliphatic carbocycles. The summed E-state index contributed by atoms with van der Waals surface area (Å²) in [6, 6.07) is 5.05. The first-order chi connectivity index (χ1) is 6.56. The van der Waals surface area contributed by atoms with E-state index in [0.717, 1.165) is 17.5 Å². The molecule has 1 aromatic rings. The van der Waals surface area contributed by atoms with E-state index in [4.69, 9.17) is 10.8 Å². The fourth-order valence-corrected chi connectivity index (χ4v) is 1.40. The topological polar surface area (TPSA) is 63.3 Å². The van der Waals surface area contributed by atoms with Crippen LogP contribution in [-0.2, 0) is 0 Å². The van der Waals surface area contributed by atoms with E-state index in [9.17, 15) is 4.79 Å². The zero-order chi connectivity index (χ0) is 10.7. The van der Waals surface area contributed by atoms with Gasteiger partial charge < -0.3 is 10.8 Å². The highest BCUT2D eigenvalue weighted by Gasteiger charge is 2.14. The van der Waals surface area contributed by atoms with Gasteiger partial charge in [0, 0.05) is 6.04 Å². The third kappa shape index (κ3) is 2.12. The zero-order valence-electron chi connectivity index (χ0n) is 8.45. The minimum Gasteiger partial charge on any atom is -0.478 e. The van der Waals surface area contributed by atoms with Gasteiger partial charge in [-0.15, -0.1) is 0 Å². The Morgan fingerprint density at radius 3 is 2.71 bits per heavy atom. The van der Waals surface area contributed by atoms with Crippen LogP contribution in [0.4, 0.5) is 0 Å². The van der Waals surface area contributed by atoms with E-state index >= 15 is 0 Å². The number of aromatic carboxylic acids is 1. The lowest BCUT2D eigenvalue weighted by molar-refractivity contribution is 0.0695. The van der Waals surface area contributed by atoms with Crippen LogP contribution in [0.2, 0.25) is 0 Å². The lowest BCUT2D eigenvalue weighted by Gasteiger charge is -2.13. The van der Waals surface area contributed by atoms with E-state index in [1.807, 2.05) is 19.9 Å². The van der Waals surface area contributed by atoms with Gasteiger partial charge in [0.2, 0.25) is 0 Å². The SMILES string of the molecule is CC[C@@H](N)c1cc(C)ccc1C(=O)O. The average Bonchev–Trinajstić information content (AvgIpc) is 2.16. The Bertz CT molecular complexity index is 347. The van der Waals surface area contributed by atoms with Crippen LogP contribution in [0.3, 0.4) is 0 Å². The van der Waals surface area contributed by atoms with E-state index in [-0.39, 0.29) is 6.04 Å². The monoisotopic (exact) mass is 193 g/mol. The molecule has 0 unspecified atom stereocenters. The first-order valence-electron chi connectivity index (χ1n) is 4.65. The maximum absolute atomic E-state index is 10.9. The summed E-state index contributed by atoms with van der Waals surface area (Å²) >= 11 is 0. The quantitative estimate of drug-likeness (QED) is 0.772. The molecule has 3 nitrogen and oxygen atoms in total. The summed E-state index contributed by atoms with van der Waals surface area (Å²) in [4.78, 5) is 10.9. The highest BCUT2D eigenvalue weighted by molar-refractivity contribution is 5.89. The molecule has 0 amide bonds. The molecule has 0 radical (unpaired) electrons. The van der Waals surface area contributed by atoms with Crippen LogP contribution in [0.1, 0.15) is 40.9 Å². The second kappa shape index (κ2) is 4.24. The number of nitrogens with two attached hydrogens (primary N) is 1. The first kappa shape index (κ1) is 10.7. The van der Waals surface area contributed by atoms with Gasteiger partial charge in [-0.05, 0) is 25.0 Å². The van der Waals surface area contributed by atoms with Crippen molar-refractivity contribution in [1.29, 1.82) is 0 Å². The summed E-state index contributed by atoms with van der Waals surface area (Å²) in [6.07, 6.45) is 0.740. The van der Waals surface area contributed by atoms with Gasteiger partial charge in [-0.2, -0.15) is 0 Å². The van der Waals surface area contributed by atoms with Crippen molar-refractivity contribution in [2.24, 2.45) is 5.73 Å². The molecule has 3 N–H and O–H groups in total. The van der Waals surface area contributed by atoms with Gasteiger partial charge in [-0.25, -0.2) is 4.79 Å². The zero-order valence-corrected chi connectivity index (χ0v) is 8.45. The van der Waals surface area contributed by atoms with Crippen LogP contribution >= 0.6 is 0 Å². The number of aryl methyl sites for hydroxylation is 1. The highest BCUT2D eigenvalue weighted by Crippen LogP contribution is 2.20. The molecule has 0 saturated heterocycles. The van der Waals surface area contributed by atoms with Gasteiger partial charge in [0.1, 0.15) is 0 Å². The number of rotatable bonds is 3. The summed E-state index contributed by atoms with van der Waals surface area (Å²) in [6.45, 7) is 3.87. The number of benzene rings is 1. The second-order valence-corrected chi connectivity index (χ2v) is 3.41. The number of hydrogen-bond donors (Lipinski definition) is 2. The van der Waals surface area contributed by atoms with Crippen molar-refractivity contribution in [3.8, 4) is 0 Å². The molecule has 1 atom stereocenters. The fraction of sp³-hybridized carbons (Fsp3) is 0.364. The molecule has 0 saturated carbocycles. The predicted molar refractivity (Wildman–Crippen MR) is 55.4 cm³/mol. The fourth-order valence-electron chi connectivity index (χ4n) is 1.40. The molecular weight excluding hydrogens is 178 g/mol. The molecule has 0 heterocycles.